The number of nitrogens with one attached hydrogen (secondary N) is 1. The Morgan fingerprint density at radius 2 is 1.89 bits per heavy atom. The van der Waals surface area contributed by atoms with Crippen LogP contribution in [0.2, 0.25) is 0 Å². The van der Waals surface area contributed by atoms with Crippen molar-refractivity contribution in [2.75, 3.05) is 0 Å². The van der Waals surface area contributed by atoms with E-state index in [0.717, 1.165) is 33.5 Å². The summed E-state index contributed by atoms with van der Waals surface area (Å²) < 4.78 is 11.2. The first-order valence-corrected chi connectivity index (χ1v) is 8.51. The number of aromatic amines is 1. The Bertz CT molecular complexity index is 1220. The highest BCUT2D eigenvalue weighted by Gasteiger charge is 2.15. The fourth-order valence-corrected chi connectivity index (χ4v) is 3.22. The number of ether oxygens (including phenoxy) is 1. The summed E-state index contributed by atoms with van der Waals surface area (Å²) in [6.07, 6.45) is 1.62. The fraction of sp³-hybridized carbons (Fsp3) is 0.200. The van der Waals surface area contributed by atoms with Crippen molar-refractivity contribution in [1.29, 1.82) is 0 Å². The molecule has 0 radical (unpaired) electrons. The van der Waals surface area contributed by atoms with E-state index >= 15 is 0 Å². The van der Waals surface area contributed by atoms with Gasteiger partial charge in [-0.3, -0.25) is 4.79 Å². The highest BCUT2D eigenvalue weighted by atomic mass is 16.5. The van der Waals surface area contributed by atoms with Crippen LogP contribution in [0.15, 0.2) is 39.8 Å². The van der Waals surface area contributed by atoms with Crippen LogP contribution in [0.4, 0.5) is 0 Å². The Morgan fingerprint density at radius 3 is 2.67 bits per heavy atom. The van der Waals surface area contributed by atoms with Crippen molar-refractivity contribution in [1.82, 2.24) is 20.3 Å². The summed E-state index contributed by atoms with van der Waals surface area (Å²) in [6, 6.07) is 7.45. The van der Waals surface area contributed by atoms with Crippen molar-refractivity contribution in [2.45, 2.75) is 27.7 Å². The lowest BCUT2D eigenvalue weighted by atomic mass is 9.96. The zero-order valence-electron chi connectivity index (χ0n) is 15.5. The lowest BCUT2D eigenvalue weighted by Crippen LogP contribution is -2.14. The van der Waals surface area contributed by atoms with Gasteiger partial charge in [0.25, 0.3) is 5.56 Å². The topological polar surface area (TPSA) is 93.9 Å². The summed E-state index contributed by atoms with van der Waals surface area (Å²) in [7, 11) is 0. The Balaban J connectivity index is 1.76. The summed E-state index contributed by atoms with van der Waals surface area (Å²) in [5.41, 5.74) is 5.35. The smallest absolute Gasteiger partial charge is 0.267 e. The normalized spacial score (nSPS) is 11.1. The molecule has 0 unspecified atom stereocenters. The quantitative estimate of drug-likeness (QED) is 0.592. The van der Waals surface area contributed by atoms with Crippen molar-refractivity contribution < 1.29 is 9.26 Å². The summed E-state index contributed by atoms with van der Waals surface area (Å²) in [5, 5.41) is 11.3. The first kappa shape index (κ1) is 17.0. The van der Waals surface area contributed by atoms with Gasteiger partial charge in [0, 0.05) is 23.4 Å². The Morgan fingerprint density at radius 1 is 1.07 bits per heavy atom. The van der Waals surface area contributed by atoms with E-state index in [4.69, 9.17) is 9.26 Å². The maximum Gasteiger partial charge on any atom is 0.267 e. The molecule has 0 saturated carbocycles. The number of nitrogens with zero attached hydrogens (tertiary/aromatic N) is 3. The highest BCUT2D eigenvalue weighted by molar-refractivity contribution is 5.84. The maximum absolute atomic E-state index is 11.9. The van der Waals surface area contributed by atoms with Gasteiger partial charge in [-0.25, -0.2) is 10.1 Å². The van der Waals surface area contributed by atoms with E-state index in [-0.39, 0.29) is 5.56 Å². The number of aromatic nitrogens is 4. The van der Waals surface area contributed by atoms with Gasteiger partial charge in [-0.1, -0.05) is 11.2 Å². The van der Waals surface area contributed by atoms with Gasteiger partial charge in [0.1, 0.15) is 11.1 Å². The molecule has 136 valence electrons. The number of benzene rings is 1. The van der Waals surface area contributed by atoms with Gasteiger partial charge in [-0.2, -0.15) is 5.10 Å². The maximum atomic E-state index is 11.9. The number of rotatable bonds is 3. The van der Waals surface area contributed by atoms with Crippen molar-refractivity contribution in [3.05, 3.63) is 63.3 Å². The van der Waals surface area contributed by atoms with Crippen LogP contribution in [0, 0.1) is 27.7 Å². The molecular weight excluding hydrogens is 344 g/mol. The van der Waals surface area contributed by atoms with Crippen LogP contribution >= 0.6 is 0 Å². The first-order valence-electron chi connectivity index (χ1n) is 8.51. The predicted molar refractivity (Wildman–Crippen MR) is 101 cm³/mol. The molecule has 0 atom stereocenters. The van der Waals surface area contributed by atoms with E-state index in [0.29, 0.717) is 22.8 Å². The molecule has 4 rings (SSSR count). The molecule has 0 aliphatic rings. The molecule has 0 saturated heterocycles. The number of pyridine rings is 1. The van der Waals surface area contributed by atoms with Gasteiger partial charge >= 0.3 is 0 Å². The molecule has 0 amide bonds. The molecule has 1 N–H and O–H groups in total. The zero-order valence-corrected chi connectivity index (χ0v) is 15.5. The molecule has 0 aliphatic heterocycles. The van der Waals surface area contributed by atoms with E-state index in [1.807, 2.05) is 39.0 Å². The van der Waals surface area contributed by atoms with Crippen molar-refractivity contribution in [2.24, 2.45) is 0 Å². The SMILES string of the molecule is Cc1cc(Oc2nccc3onc(C)c23)ccc1-c1c(C)n[nH]c(=O)c1C. The van der Waals surface area contributed by atoms with Gasteiger partial charge in [0.15, 0.2) is 5.58 Å². The number of hydrogen-bond donors (Lipinski definition) is 1. The van der Waals surface area contributed by atoms with Crippen molar-refractivity contribution >= 4 is 11.0 Å². The minimum Gasteiger partial charge on any atom is -0.438 e. The molecule has 7 nitrogen and oxygen atoms in total. The van der Waals surface area contributed by atoms with Crippen LogP contribution in [0.3, 0.4) is 0 Å². The van der Waals surface area contributed by atoms with E-state index < -0.39 is 0 Å². The summed E-state index contributed by atoms with van der Waals surface area (Å²) >= 11 is 0. The van der Waals surface area contributed by atoms with Crippen LogP contribution in [-0.4, -0.2) is 20.3 Å². The summed E-state index contributed by atoms with van der Waals surface area (Å²) in [5.74, 6) is 1.09. The third-order valence-electron chi connectivity index (χ3n) is 4.60. The molecule has 0 spiro atoms. The molecule has 0 aliphatic carbocycles. The van der Waals surface area contributed by atoms with Crippen LogP contribution in [0.5, 0.6) is 11.6 Å². The van der Waals surface area contributed by atoms with Gasteiger partial charge in [-0.05, 0) is 51.0 Å². The zero-order chi connectivity index (χ0) is 19.1. The Hall–Kier alpha value is -3.48. The molecule has 3 aromatic heterocycles. The summed E-state index contributed by atoms with van der Waals surface area (Å²) in [6.45, 7) is 7.49. The third-order valence-corrected chi connectivity index (χ3v) is 4.60. The Kier molecular flexibility index (Phi) is 3.99. The largest absolute Gasteiger partial charge is 0.438 e. The minimum absolute atomic E-state index is 0.186. The highest BCUT2D eigenvalue weighted by Crippen LogP contribution is 2.33. The first-order chi connectivity index (χ1) is 13.0. The molecular formula is C20H18N4O3. The second-order valence-corrected chi connectivity index (χ2v) is 6.47. The van der Waals surface area contributed by atoms with E-state index in [1.54, 1.807) is 19.2 Å². The van der Waals surface area contributed by atoms with Crippen LogP contribution in [0.1, 0.15) is 22.5 Å². The van der Waals surface area contributed by atoms with Gasteiger partial charge in [0.2, 0.25) is 5.88 Å². The van der Waals surface area contributed by atoms with Crippen LogP contribution in [0.25, 0.3) is 22.1 Å². The fourth-order valence-electron chi connectivity index (χ4n) is 3.22. The van der Waals surface area contributed by atoms with Gasteiger partial charge < -0.3 is 9.26 Å². The van der Waals surface area contributed by atoms with E-state index in [2.05, 4.69) is 20.3 Å². The predicted octanol–water partition coefficient (Wildman–Crippen LogP) is 4.00. The third kappa shape index (κ3) is 2.87. The number of fused-ring (bicyclic) bond motifs is 1. The average molecular weight is 362 g/mol. The standard InChI is InChI=1S/C20H18N4O3/c1-10-9-14(26-20-18-13(4)24-27-16(18)7-8-21-20)5-6-15(10)17-11(2)19(25)23-22-12(17)3/h5-9H,1-4H3,(H,23,25). The molecule has 1 aromatic carbocycles. The number of hydrogen-bond acceptors (Lipinski definition) is 6. The Labute approximate surface area is 155 Å². The van der Waals surface area contributed by atoms with E-state index in [9.17, 15) is 4.79 Å². The molecule has 3 heterocycles. The number of aryl methyl sites for hydroxylation is 3. The average Bonchev–Trinajstić information content (AvgIpc) is 3.02. The number of H-pyrrole nitrogens is 1. The molecule has 4 aromatic rings. The second kappa shape index (κ2) is 6.35. The van der Waals surface area contributed by atoms with Crippen LogP contribution in [-0.2, 0) is 0 Å². The molecule has 7 heteroatoms. The lowest BCUT2D eigenvalue weighted by molar-refractivity contribution is 0.449. The monoisotopic (exact) mass is 362 g/mol. The summed E-state index contributed by atoms with van der Waals surface area (Å²) in [4.78, 5) is 16.3. The minimum atomic E-state index is -0.186. The van der Waals surface area contributed by atoms with Crippen molar-refractivity contribution in [3.63, 3.8) is 0 Å². The van der Waals surface area contributed by atoms with Gasteiger partial charge in [-0.15, -0.1) is 0 Å². The molecule has 0 fully saturated rings. The van der Waals surface area contributed by atoms with Crippen molar-refractivity contribution in [3.8, 4) is 22.8 Å². The van der Waals surface area contributed by atoms with E-state index in [1.165, 1.54) is 0 Å². The lowest BCUT2D eigenvalue weighted by Gasteiger charge is -2.13. The molecule has 0 bridgehead atoms. The molecule has 27 heavy (non-hydrogen) atoms. The van der Waals surface area contributed by atoms with Gasteiger partial charge in [0.05, 0.1) is 11.4 Å². The van der Waals surface area contributed by atoms with Crippen LogP contribution < -0.4 is 10.3 Å². The second-order valence-electron chi connectivity index (χ2n) is 6.47.